The highest BCUT2D eigenvalue weighted by molar-refractivity contribution is 6.51. The van der Waals surface area contributed by atoms with E-state index < -0.39 is 11.9 Å². The van der Waals surface area contributed by atoms with Crippen molar-refractivity contribution in [1.29, 1.82) is 0 Å². The molecule has 1 aliphatic rings. The second-order valence-electron chi connectivity index (χ2n) is 5.73. The van der Waals surface area contributed by atoms with Gasteiger partial charge in [0.2, 0.25) is 0 Å². The Hall–Kier alpha value is -3.15. The van der Waals surface area contributed by atoms with E-state index in [2.05, 4.69) is 41.4 Å². The molecule has 0 fully saturated rings. The molecule has 0 unspecified atom stereocenters. The first-order chi connectivity index (χ1) is 12.0. The fraction of sp³-hybridized carbons (Fsp3) is 0.211. The molecule has 0 atom stereocenters. The number of fused-ring (bicyclic) bond motifs is 1. The molecule has 0 saturated carbocycles. The van der Waals surface area contributed by atoms with Crippen molar-refractivity contribution in [1.82, 2.24) is 5.43 Å². The predicted octanol–water partition coefficient (Wildman–Crippen LogP) is 2.64. The van der Waals surface area contributed by atoms with Gasteiger partial charge in [0.1, 0.15) is 0 Å². The molecule has 128 valence electrons. The Bertz CT molecular complexity index is 911. The zero-order valence-electron chi connectivity index (χ0n) is 14.1. The van der Waals surface area contributed by atoms with Gasteiger partial charge in [-0.15, -0.1) is 0 Å². The molecule has 0 bridgehead atoms. The third-order valence-corrected chi connectivity index (χ3v) is 4.26. The van der Waals surface area contributed by atoms with Crippen LogP contribution < -0.4 is 10.3 Å². The molecular weight excluding hydrogens is 318 g/mol. The van der Waals surface area contributed by atoms with E-state index in [4.69, 9.17) is 5.11 Å². The van der Waals surface area contributed by atoms with E-state index in [9.17, 15) is 9.59 Å². The maximum Gasteiger partial charge on any atom is 0.357 e. The first-order valence-electron chi connectivity index (χ1n) is 8.15. The Balaban J connectivity index is 1.98. The molecule has 3 rings (SSSR count). The molecule has 2 N–H and O–H groups in total. The minimum atomic E-state index is -1.23. The van der Waals surface area contributed by atoms with Crippen LogP contribution in [0.4, 0.5) is 5.69 Å². The number of hydrogen-bond acceptors (Lipinski definition) is 4. The maximum absolute atomic E-state index is 11.8. The average molecular weight is 337 g/mol. The maximum atomic E-state index is 11.8. The number of carbonyl (C=O) groups excluding carboxylic acids is 1. The summed E-state index contributed by atoms with van der Waals surface area (Å²) >= 11 is 0. The Morgan fingerprint density at radius 1 is 1.16 bits per heavy atom. The van der Waals surface area contributed by atoms with Crippen molar-refractivity contribution in [3.63, 3.8) is 0 Å². The summed E-state index contributed by atoms with van der Waals surface area (Å²) in [5, 5.41) is 14.8. The minimum absolute atomic E-state index is 0.0617. The second-order valence-corrected chi connectivity index (χ2v) is 5.73. The molecule has 2 aromatic rings. The average Bonchev–Trinajstić information content (AvgIpc) is 2.97. The predicted molar refractivity (Wildman–Crippen MR) is 98.7 cm³/mol. The van der Waals surface area contributed by atoms with E-state index in [0.717, 1.165) is 29.4 Å². The number of nitrogens with zero attached hydrogens (tertiary/aromatic N) is 2. The van der Waals surface area contributed by atoms with E-state index in [-0.39, 0.29) is 11.3 Å². The van der Waals surface area contributed by atoms with Crippen molar-refractivity contribution >= 4 is 40.1 Å². The molecule has 0 spiro atoms. The molecule has 1 heterocycles. The highest BCUT2D eigenvalue weighted by Crippen LogP contribution is 2.24. The zero-order valence-corrected chi connectivity index (χ0v) is 14.1. The number of nitrogens with one attached hydrogen (secondary N) is 1. The van der Waals surface area contributed by atoms with Crippen molar-refractivity contribution in [3.8, 4) is 0 Å². The van der Waals surface area contributed by atoms with E-state index in [1.165, 1.54) is 5.69 Å². The van der Waals surface area contributed by atoms with Crippen LogP contribution in [0.5, 0.6) is 0 Å². The molecule has 0 aromatic heterocycles. The number of carbonyl (C=O) groups is 2. The first-order valence-corrected chi connectivity index (χ1v) is 8.15. The lowest BCUT2D eigenvalue weighted by molar-refractivity contribution is -0.129. The SMILES string of the molecule is CCN(CC)c1ccc2cc(C=C3C(=O)NN=C3C(=O)O)ccc2c1. The highest BCUT2D eigenvalue weighted by atomic mass is 16.4. The van der Waals surface area contributed by atoms with Gasteiger partial charge in [-0.2, -0.15) is 5.10 Å². The van der Waals surface area contributed by atoms with Crippen LogP contribution in [0.2, 0.25) is 0 Å². The fourth-order valence-corrected chi connectivity index (χ4v) is 2.93. The zero-order chi connectivity index (χ0) is 18.0. The number of rotatable bonds is 5. The van der Waals surface area contributed by atoms with Crippen LogP contribution in [0.3, 0.4) is 0 Å². The van der Waals surface area contributed by atoms with E-state index >= 15 is 0 Å². The lowest BCUT2D eigenvalue weighted by atomic mass is 10.0. The number of hydrazone groups is 1. The molecule has 1 aliphatic heterocycles. The van der Waals surface area contributed by atoms with Crippen molar-refractivity contribution < 1.29 is 14.7 Å². The van der Waals surface area contributed by atoms with Crippen LogP contribution in [-0.4, -0.2) is 35.8 Å². The summed E-state index contributed by atoms with van der Waals surface area (Å²) in [5.41, 5.74) is 3.90. The number of carboxylic acid groups (broad SMARTS) is 1. The van der Waals surface area contributed by atoms with Crippen LogP contribution in [-0.2, 0) is 9.59 Å². The van der Waals surface area contributed by atoms with Crippen LogP contribution in [0.1, 0.15) is 19.4 Å². The number of anilines is 1. The van der Waals surface area contributed by atoms with Crippen LogP contribution >= 0.6 is 0 Å². The molecule has 0 radical (unpaired) electrons. The Morgan fingerprint density at radius 2 is 1.84 bits per heavy atom. The number of amides is 1. The standard InChI is InChI=1S/C19H19N3O3/c1-3-22(4-2)15-8-7-13-9-12(5-6-14(13)11-15)10-16-17(19(24)25)20-21-18(16)23/h5-11H,3-4H2,1-2H3,(H,21,23)(H,24,25). The topological polar surface area (TPSA) is 82.0 Å². The van der Waals surface area contributed by atoms with Crippen LogP contribution in [0.15, 0.2) is 47.1 Å². The van der Waals surface area contributed by atoms with Gasteiger partial charge in [-0.25, -0.2) is 10.2 Å². The second kappa shape index (κ2) is 6.76. The largest absolute Gasteiger partial charge is 0.476 e. The fourth-order valence-electron chi connectivity index (χ4n) is 2.93. The summed E-state index contributed by atoms with van der Waals surface area (Å²) in [5.74, 6) is -1.73. The van der Waals surface area contributed by atoms with Gasteiger partial charge in [0.15, 0.2) is 5.71 Å². The quantitative estimate of drug-likeness (QED) is 0.822. The first kappa shape index (κ1) is 16.7. The summed E-state index contributed by atoms with van der Waals surface area (Å²) in [6.07, 6.45) is 1.55. The van der Waals surface area contributed by atoms with Gasteiger partial charge in [-0.05, 0) is 54.5 Å². The van der Waals surface area contributed by atoms with Gasteiger partial charge < -0.3 is 10.0 Å². The Kier molecular flexibility index (Phi) is 4.52. The summed E-state index contributed by atoms with van der Waals surface area (Å²) in [7, 11) is 0. The van der Waals surface area contributed by atoms with Crippen molar-refractivity contribution in [2.45, 2.75) is 13.8 Å². The minimum Gasteiger partial charge on any atom is -0.476 e. The van der Waals surface area contributed by atoms with E-state index in [1.54, 1.807) is 6.08 Å². The lowest BCUT2D eigenvalue weighted by Gasteiger charge is -2.21. The van der Waals surface area contributed by atoms with Crippen molar-refractivity contribution in [2.24, 2.45) is 5.10 Å². The lowest BCUT2D eigenvalue weighted by Crippen LogP contribution is -2.21. The van der Waals surface area contributed by atoms with Gasteiger partial charge in [-0.3, -0.25) is 4.79 Å². The molecule has 2 aromatic carbocycles. The molecule has 1 amide bonds. The third kappa shape index (κ3) is 3.24. The van der Waals surface area contributed by atoms with Gasteiger partial charge in [-0.1, -0.05) is 18.2 Å². The summed E-state index contributed by atoms with van der Waals surface area (Å²) < 4.78 is 0. The molecule has 6 nitrogen and oxygen atoms in total. The monoisotopic (exact) mass is 337 g/mol. The summed E-state index contributed by atoms with van der Waals surface area (Å²) in [6, 6.07) is 12.0. The smallest absolute Gasteiger partial charge is 0.357 e. The molecular formula is C19H19N3O3. The van der Waals surface area contributed by atoms with Crippen molar-refractivity contribution in [3.05, 3.63) is 47.5 Å². The number of hydrogen-bond donors (Lipinski definition) is 2. The Labute approximate surface area is 145 Å². The molecule has 0 saturated heterocycles. The number of benzene rings is 2. The molecule has 0 aliphatic carbocycles. The molecule has 6 heteroatoms. The van der Waals surface area contributed by atoms with Gasteiger partial charge in [0.05, 0.1) is 5.57 Å². The number of carboxylic acids is 1. The van der Waals surface area contributed by atoms with E-state index in [0.29, 0.717) is 0 Å². The van der Waals surface area contributed by atoms with Gasteiger partial charge in [0, 0.05) is 18.8 Å². The van der Waals surface area contributed by atoms with Crippen LogP contribution in [0, 0.1) is 0 Å². The number of aliphatic carboxylic acids is 1. The van der Waals surface area contributed by atoms with Gasteiger partial charge >= 0.3 is 5.97 Å². The highest BCUT2D eigenvalue weighted by Gasteiger charge is 2.27. The van der Waals surface area contributed by atoms with E-state index in [1.807, 2.05) is 24.3 Å². The third-order valence-electron chi connectivity index (χ3n) is 4.26. The van der Waals surface area contributed by atoms with Gasteiger partial charge in [0.25, 0.3) is 5.91 Å². The van der Waals surface area contributed by atoms with Crippen molar-refractivity contribution in [2.75, 3.05) is 18.0 Å². The Morgan fingerprint density at radius 3 is 2.52 bits per heavy atom. The normalized spacial score (nSPS) is 15.4. The molecule has 25 heavy (non-hydrogen) atoms. The van der Waals surface area contributed by atoms with Crippen LogP contribution in [0.25, 0.3) is 16.8 Å². The summed E-state index contributed by atoms with van der Waals surface area (Å²) in [4.78, 5) is 25.2. The summed E-state index contributed by atoms with van der Waals surface area (Å²) in [6.45, 7) is 6.13.